The summed E-state index contributed by atoms with van der Waals surface area (Å²) in [6.45, 7) is 0. The molecule has 0 N–H and O–H groups in total. The lowest BCUT2D eigenvalue weighted by Gasteiger charge is -2.39. The van der Waals surface area contributed by atoms with Gasteiger partial charge in [-0.1, -0.05) is 140 Å². The molecule has 8 aromatic rings. The van der Waals surface area contributed by atoms with Gasteiger partial charge in [0.2, 0.25) is 0 Å². The summed E-state index contributed by atoms with van der Waals surface area (Å²) in [5.74, 6) is -0.666. The number of hydrogen-bond donors (Lipinski definition) is 0. The number of allylic oxidation sites excluding steroid dienone is 2. The van der Waals surface area contributed by atoms with E-state index in [0.29, 0.717) is 6.42 Å². The minimum atomic E-state index is -3.18. The average molecular weight is 689 g/mol. The predicted octanol–water partition coefficient (Wildman–Crippen LogP) is 11.6. The summed E-state index contributed by atoms with van der Waals surface area (Å²) in [6.07, 6.45) is 2.79. The summed E-state index contributed by atoms with van der Waals surface area (Å²) >= 11 is 1.64. The van der Waals surface area contributed by atoms with E-state index >= 15 is 4.57 Å². The summed E-state index contributed by atoms with van der Waals surface area (Å²) < 4.78 is 45.2. The van der Waals surface area contributed by atoms with Gasteiger partial charge in [0.05, 0.1) is 10.4 Å². The van der Waals surface area contributed by atoms with Crippen molar-refractivity contribution in [2.45, 2.75) is 16.8 Å². The molecule has 9 rings (SSSR count). The molecule has 0 bridgehead atoms. The van der Waals surface area contributed by atoms with E-state index < -0.39 is 12.6 Å². The first kappa shape index (κ1) is 31.0. The fourth-order valence-corrected chi connectivity index (χ4v) is 13.5. The number of halogens is 2. The van der Waals surface area contributed by atoms with E-state index in [0.717, 1.165) is 59.1 Å². The number of thioether (sulfide) groups is 1. The third-order valence-corrected chi connectivity index (χ3v) is 15.8. The topological polar surface area (TPSA) is 17.1 Å². The van der Waals surface area contributed by atoms with Crippen LogP contribution in [0.3, 0.4) is 0 Å². The highest BCUT2D eigenvalue weighted by atomic mass is 32.2. The van der Waals surface area contributed by atoms with Crippen LogP contribution in [-0.4, -0.2) is 4.99 Å². The minimum Gasteiger partial charge on any atom is -0.312 e. The van der Waals surface area contributed by atoms with Gasteiger partial charge < -0.3 is 4.57 Å². The van der Waals surface area contributed by atoms with E-state index in [1.807, 2.05) is 84.9 Å². The van der Waals surface area contributed by atoms with Crippen LogP contribution < -0.4 is 10.6 Å². The highest BCUT2D eigenvalue weighted by Gasteiger charge is 2.48. The van der Waals surface area contributed by atoms with Crippen molar-refractivity contribution in [3.63, 3.8) is 0 Å². The van der Waals surface area contributed by atoms with Crippen molar-refractivity contribution in [2.75, 3.05) is 0 Å². The summed E-state index contributed by atoms with van der Waals surface area (Å²) in [4.78, 5) is 0.695. The molecule has 50 heavy (non-hydrogen) atoms. The third-order valence-electron chi connectivity index (χ3n) is 10.3. The van der Waals surface area contributed by atoms with Crippen LogP contribution in [0.1, 0.15) is 23.1 Å². The van der Waals surface area contributed by atoms with Gasteiger partial charge in [-0.3, -0.25) is 0 Å². The molecule has 5 heteroatoms. The number of benzene rings is 8. The maximum Gasteiger partial charge on any atom is 0.156 e. The zero-order chi connectivity index (χ0) is 33.9. The molecule has 0 spiro atoms. The smallest absolute Gasteiger partial charge is 0.156 e. The van der Waals surface area contributed by atoms with Gasteiger partial charge >= 0.3 is 0 Å². The Balaban J connectivity index is 1.36. The molecule has 0 saturated heterocycles. The van der Waals surface area contributed by atoms with E-state index in [1.54, 1.807) is 11.8 Å². The van der Waals surface area contributed by atoms with E-state index in [4.69, 9.17) is 0 Å². The predicted molar refractivity (Wildman–Crippen MR) is 207 cm³/mol. The van der Waals surface area contributed by atoms with E-state index in [1.165, 1.54) is 29.7 Å². The Hall–Kier alpha value is -5.02. The molecule has 1 unspecified atom stereocenters. The summed E-state index contributed by atoms with van der Waals surface area (Å²) in [5, 5.41) is 8.43. The monoisotopic (exact) mass is 688 g/mol. The molecule has 8 aromatic carbocycles. The molecule has 0 radical (unpaired) electrons. The summed E-state index contributed by atoms with van der Waals surface area (Å²) in [5.41, 5.74) is 1.74. The van der Waals surface area contributed by atoms with Gasteiger partial charge in [-0.25, -0.2) is 8.78 Å². The van der Waals surface area contributed by atoms with Crippen LogP contribution in [0.5, 0.6) is 0 Å². The Labute approximate surface area is 294 Å². The molecule has 0 aromatic heterocycles. The summed E-state index contributed by atoms with van der Waals surface area (Å²) in [7, 11) is -3.18. The Morgan fingerprint density at radius 1 is 0.560 bits per heavy atom. The number of hydrogen-bond acceptors (Lipinski definition) is 2. The van der Waals surface area contributed by atoms with Gasteiger partial charge in [0.15, 0.2) is 7.14 Å². The maximum atomic E-state index is 15.7. The van der Waals surface area contributed by atoms with Gasteiger partial charge in [0, 0.05) is 15.5 Å². The highest BCUT2D eigenvalue weighted by molar-refractivity contribution is 8.12. The normalized spacial score (nSPS) is 15.2. The van der Waals surface area contributed by atoms with Crippen molar-refractivity contribution >= 4 is 61.8 Å². The first-order valence-electron chi connectivity index (χ1n) is 16.8. The first-order valence-corrected chi connectivity index (χ1v) is 19.4. The molecule has 0 amide bonds. The molecule has 0 saturated carbocycles. The van der Waals surface area contributed by atoms with Crippen molar-refractivity contribution in [3.8, 4) is 0 Å². The van der Waals surface area contributed by atoms with Crippen molar-refractivity contribution < 1.29 is 13.3 Å². The molecule has 1 heterocycles. The van der Waals surface area contributed by atoms with Crippen LogP contribution in [0.2, 0.25) is 0 Å². The van der Waals surface area contributed by atoms with Gasteiger partial charge in [-0.05, 0) is 85.8 Å². The maximum absolute atomic E-state index is 15.7. The molecule has 0 aliphatic carbocycles. The fraction of sp³-hybridized carbons (Fsp3) is 0.0667. The van der Waals surface area contributed by atoms with Crippen molar-refractivity contribution in [3.05, 3.63) is 203 Å². The molecule has 1 atom stereocenters. The van der Waals surface area contributed by atoms with Crippen LogP contribution in [0.25, 0.3) is 32.3 Å². The Bertz CT molecular complexity index is 2490. The lowest BCUT2D eigenvalue weighted by atomic mass is 9.67. The average Bonchev–Trinajstić information content (AvgIpc) is 3.67. The minimum absolute atomic E-state index is 0.293. The second kappa shape index (κ2) is 12.1. The van der Waals surface area contributed by atoms with Gasteiger partial charge in [0.25, 0.3) is 0 Å². The third kappa shape index (κ3) is 4.70. The lowest BCUT2D eigenvalue weighted by molar-refractivity contribution is 0.585. The fourth-order valence-electron chi connectivity index (χ4n) is 8.06. The SMILES string of the molecule is O=P(c1ccccc1)(c1ccccc1)C1CC=C(C(c2ccc(F)cc2)(c2ccc(F)cc2)c2cc3cccc4ccc5cccc2c5c43)S1. The quantitative estimate of drug-likeness (QED) is 0.0942. The van der Waals surface area contributed by atoms with E-state index in [-0.39, 0.29) is 16.6 Å². The zero-order valence-corrected chi connectivity index (χ0v) is 28.7. The zero-order valence-electron chi connectivity index (χ0n) is 27.0. The van der Waals surface area contributed by atoms with E-state index in [2.05, 4.69) is 60.7 Å². The van der Waals surface area contributed by atoms with Crippen molar-refractivity contribution in [1.29, 1.82) is 0 Å². The van der Waals surface area contributed by atoms with E-state index in [9.17, 15) is 8.78 Å². The van der Waals surface area contributed by atoms with Crippen LogP contribution >= 0.6 is 18.9 Å². The van der Waals surface area contributed by atoms with Crippen LogP contribution in [0, 0.1) is 11.6 Å². The molecule has 1 nitrogen and oxygen atoms in total. The van der Waals surface area contributed by atoms with Crippen molar-refractivity contribution in [1.82, 2.24) is 0 Å². The Morgan fingerprint density at radius 2 is 1.08 bits per heavy atom. The second-order valence-electron chi connectivity index (χ2n) is 12.9. The standard InChI is InChI=1S/C45H31F2OPS/c46-35-23-19-33(20-24-35)45(34-21-25-36(47)26-22-34,40-29-32-11-7-9-30-17-18-31-10-8-16-39(40)44(31)43(30)32)41-27-28-42(50-41)49(48,37-12-3-1-4-13-37)38-14-5-2-6-15-38/h1-27,29,42H,28H2. The molecular formula is C45H31F2OPS. The largest absolute Gasteiger partial charge is 0.312 e. The summed E-state index contributed by atoms with van der Waals surface area (Å²) in [6, 6.07) is 52.4. The van der Waals surface area contributed by atoms with Gasteiger partial charge in [0.1, 0.15) is 11.6 Å². The highest BCUT2D eigenvalue weighted by Crippen LogP contribution is 2.64. The first-order chi connectivity index (χ1) is 24.5. The number of rotatable bonds is 7. The molecular weight excluding hydrogens is 658 g/mol. The Kier molecular flexibility index (Phi) is 7.49. The lowest BCUT2D eigenvalue weighted by Crippen LogP contribution is -2.31. The van der Waals surface area contributed by atoms with Crippen LogP contribution in [-0.2, 0) is 9.98 Å². The molecule has 1 aliphatic heterocycles. The van der Waals surface area contributed by atoms with Gasteiger partial charge in [-0.2, -0.15) is 0 Å². The Morgan fingerprint density at radius 3 is 1.66 bits per heavy atom. The van der Waals surface area contributed by atoms with Crippen LogP contribution in [0.4, 0.5) is 8.78 Å². The van der Waals surface area contributed by atoms with Crippen LogP contribution in [0.15, 0.2) is 175 Å². The molecule has 242 valence electrons. The molecule has 1 aliphatic rings. The van der Waals surface area contributed by atoms with Gasteiger partial charge in [-0.15, -0.1) is 11.8 Å². The second-order valence-corrected chi connectivity index (χ2v) is 17.5. The van der Waals surface area contributed by atoms with Crippen molar-refractivity contribution in [2.24, 2.45) is 0 Å². The molecule has 0 fully saturated rings.